The molecule has 1 fully saturated rings. The molecule has 0 aromatic carbocycles. The van der Waals surface area contributed by atoms with Crippen LogP contribution in [0.25, 0.3) is 0 Å². The number of aromatic nitrogens is 3. The first-order chi connectivity index (χ1) is 9.43. The highest BCUT2D eigenvalue weighted by molar-refractivity contribution is 4.94. The third kappa shape index (κ3) is 3.58. The van der Waals surface area contributed by atoms with Crippen molar-refractivity contribution in [1.82, 2.24) is 20.2 Å². The second kappa shape index (κ2) is 6.22. The van der Waals surface area contributed by atoms with Gasteiger partial charge in [0.25, 0.3) is 0 Å². The van der Waals surface area contributed by atoms with Gasteiger partial charge in [-0.15, -0.1) is 0 Å². The largest absolute Gasteiger partial charge is 0.271 e. The standard InChI is InChI=1S/C15H29N5/c1-11(2)20-14(17-10-18-20)9-13(19-16)12-5-7-15(3,4)8-6-12/h10-13,19H,5-9,16H2,1-4H3. The normalized spacial score (nSPS) is 21.3. The van der Waals surface area contributed by atoms with Crippen molar-refractivity contribution in [3.63, 3.8) is 0 Å². The van der Waals surface area contributed by atoms with E-state index in [1.54, 1.807) is 6.33 Å². The van der Waals surface area contributed by atoms with Gasteiger partial charge in [-0.05, 0) is 50.9 Å². The SMILES string of the molecule is CC(C)n1ncnc1CC(NN)C1CCC(C)(C)CC1. The minimum atomic E-state index is 0.299. The maximum atomic E-state index is 5.81. The fourth-order valence-corrected chi connectivity index (χ4v) is 3.23. The van der Waals surface area contributed by atoms with Gasteiger partial charge in [-0.3, -0.25) is 11.3 Å². The molecule has 1 aliphatic carbocycles. The number of nitrogens with one attached hydrogen (secondary N) is 1. The fourth-order valence-electron chi connectivity index (χ4n) is 3.23. The molecule has 3 N–H and O–H groups in total. The molecule has 0 spiro atoms. The lowest BCUT2D eigenvalue weighted by Crippen LogP contribution is -2.45. The van der Waals surface area contributed by atoms with Gasteiger partial charge in [-0.1, -0.05) is 13.8 Å². The molecule has 0 saturated heterocycles. The van der Waals surface area contributed by atoms with E-state index in [1.165, 1.54) is 25.7 Å². The molecule has 1 atom stereocenters. The number of hydrogen-bond donors (Lipinski definition) is 2. The molecule has 5 heteroatoms. The Labute approximate surface area is 122 Å². The van der Waals surface area contributed by atoms with Crippen LogP contribution in [-0.4, -0.2) is 20.8 Å². The molecule has 114 valence electrons. The van der Waals surface area contributed by atoms with E-state index in [0.29, 0.717) is 23.4 Å². The number of hydrogen-bond acceptors (Lipinski definition) is 4. The molecule has 20 heavy (non-hydrogen) atoms. The first-order valence-electron chi connectivity index (χ1n) is 7.77. The van der Waals surface area contributed by atoms with Gasteiger partial charge in [0.15, 0.2) is 0 Å². The van der Waals surface area contributed by atoms with Crippen LogP contribution in [0.4, 0.5) is 0 Å². The Morgan fingerprint density at radius 2 is 2.05 bits per heavy atom. The summed E-state index contributed by atoms with van der Waals surface area (Å²) < 4.78 is 2.00. The van der Waals surface area contributed by atoms with E-state index in [4.69, 9.17) is 5.84 Å². The molecule has 1 heterocycles. The zero-order chi connectivity index (χ0) is 14.8. The first-order valence-corrected chi connectivity index (χ1v) is 7.77. The van der Waals surface area contributed by atoms with Crippen molar-refractivity contribution in [2.24, 2.45) is 17.2 Å². The summed E-state index contributed by atoms with van der Waals surface area (Å²) in [5, 5.41) is 4.31. The molecule has 1 aromatic heterocycles. The van der Waals surface area contributed by atoms with Crippen molar-refractivity contribution < 1.29 is 0 Å². The summed E-state index contributed by atoms with van der Waals surface area (Å²) in [4.78, 5) is 4.40. The fraction of sp³-hybridized carbons (Fsp3) is 0.867. The van der Waals surface area contributed by atoms with Crippen molar-refractivity contribution in [1.29, 1.82) is 0 Å². The van der Waals surface area contributed by atoms with Crippen LogP contribution < -0.4 is 11.3 Å². The molecule has 1 aromatic rings. The van der Waals surface area contributed by atoms with E-state index < -0.39 is 0 Å². The van der Waals surface area contributed by atoms with Crippen LogP contribution in [-0.2, 0) is 6.42 Å². The molecular weight excluding hydrogens is 250 g/mol. The predicted molar refractivity (Wildman–Crippen MR) is 81.0 cm³/mol. The summed E-state index contributed by atoms with van der Waals surface area (Å²) in [5.74, 6) is 7.49. The van der Waals surface area contributed by atoms with Crippen molar-refractivity contribution in [3.05, 3.63) is 12.2 Å². The molecule has 1 unspecified atom stereocenters. The van der Waals surface area contributed by atoms with Crippen molar-refractivity contribution in [2.45, 2.75) is 71.9 Å². The smallest absolute Gasteiger partial charge is 0.138 e. The lowest BCUT2D eigenvalue weighted by Gasteiger charge is -2.37. The zero-order valence-corrected chi connectivity index (χ0v) is 13.3. The Hall–Kier alpha value is -0.940. The highest BCUT2D eigenvalue weighted by Crippen LogP contribution is 2.39. The molecule has 1 saturated carbocycles. The Morgan fingerprint density at radius 3 is 2.60 bits per heavy atom. The zero-order valence-electron chi connectivity index (χ0n) is 13.3. The second-order valence-electron chi connectivity index (χ2n) is 7.19. The van der Waals surface area contributed by atoms with Crippen LogP contribution in [0.2, 0.25) is 0 Å². The predicted octanol–water partition coefficient (Wildman–Crippen LogP) is 2.45. The van der Waals surface area contributed by atoms with E-state index in [1.807, 2.05) is 4.68 Å². The highest BCUT2D eigenvalue weighted by Gasteiger charge is 2.31. The third-order valence-corrected chi connectivity index (χ3v) is 4.71. The molecule has 2 rings (SSSR count). The van der Waals surface area contributed by atoms with Crippen LogP contribution in [0.15, 0.2) is 6.33 Å². The average Bonchev–Trinajstić information content (AvgIpc) is 2.84. The number of nitrogens with zero attached hydrogens (tertiary/aromatic N) is 3. The van der Waals surface area contributed by atoms with Gasteiger partial charge in [-0.25, -0.2) is 9.67 Å². The van der Waals surface area contributed by atoms with Gasteiger partial charge in [0.1, 0.15) is 12.2 Å². The molecule has 5 nitrogen and oxygen atoms in total. The third-order valence-electron chi connectivity index (χ3n) is 4.71. The van der Waals surface area contributed by atoms with Crippen molar-refractivity contribution >= 4 is 0 Å². The number of nitrogens with two attached hydrogens (primary N) is 1. The molecule has 0 radical (unpaired) electrons. The second-order valence-corrected chi connectivity index (χ2v) is 7.19. The summed E-state index contributed by atoms with van der Waals surface area (Å²) in [6.45, 7) is 8.99. The van der Waals surface area contributed by atoms with Crippen LogP contribution in [0.3, 0.4) is 0 Å². The van der Waals surface area contributed by atoms with Gasteiger partial charge in [0, 0.05) is 18.5 Å². The average molecular weight is 279 g/mol. The molecular formula is C15H29N5. The molecule has 0 bridgehead atoms. The van der Waals surface area contributed by atoms with E-state index in [-0.39, 0.29) is 0 Å². The minimum absolute atomic E-state index is 0.299. The number of rotatable bonds is 5. The molecule has 0 aliphatic heterocycles. The Bertz CT molecular complexity index is 414. The summed E-state index contributed by atoms with van der Waals surface area (Å²) in [6.07, 6.45) is 7.57. The lowest BCUT2D eigenvalue weighted by molar-refractivity contribution is 0.159. The summed E-state index contributed by atoms with van der Waals surface area (Å²) in [6, 6.07) is 0.643. The summed E-state index contributed by atoms with van der Waals surface area (Å²) in [5.41, 5.74) is 3.52. The maximum absolute atomic E-state index is 5.81. The molecule has 1 aliphatic rings. The number of hydrazine groups is 1. The van der Waals surface area contributed by atoms with Gasteiger partial charge >= 0.3 is 0 Å². The van der Waals surface area contributed by atoms with Crippen molar-refractivity contribution in [2.75, 3.05) is 0 Å². The van der Waals surface area contributed by atoms with Crippen molar-refractivity contribution in [3.8, 4) is 0 Å². The van der Waals surface area contributed by atoms with Crippen LogP contribution in [0.5, 0.6) is 0 Å². The Balaban J connectivity index is 2.01. The van der Waals surface area contributed by atoms with Crippen LogP contribution >= 0.6 is 0 Å². The summed E-state index contributed by atoms with van der Waals surface area (Å²) in [7, 11) is 0. The van der Waals surface area contributed by atoms with E-state index >= 15 is 0 Å². The first kappa shape index (κ1) is 15.4. The van der Waals surface area contributed by atoms with Gasteiger partial charge in [0.2, 0.25) is 0 Å². The van der Waals surface area contributed by atoms with Gasteiger partial charge in [-0.2, -0.15) is 5.10 Å². The van der Waals surface area contributed by atoms with Gasteiger partial charge < -0.3 is 0 Å². The maximum Gasteiger partial charge on any atom is 0.138 e. The minimum Gasteiger partial charge on any atom is -0.271 e. The Kier molecular flexibility index (Phi) is 4.81. The molecule has 0 amide bonds. The highest BCUT2D eigenvalue weighted by atomic mass is 15.3. The van der Waals surface area contributed by atoms with Gasteiger partial charge in [0.05, 0.1) is 0 Å². The van der Waals surface area contributed by atoms with Crippen LogP contribution in [0, 0.1) is 11.3 Å². The quantitative estimate of drug-likeness (QED) is 0.641. The van der Waals surface area contributed by atoms with Crippen LogP contribution in [0.1, 0.15) is 65.2 Å². The monoisotopic (exact) mass is 279 g/mol. The Morgan fingerprint density at radius 1 is 1.40 bits per heavy atom. The lowest BCUT2D eigenvalue weighted by atomic mass is 9.71. The van der Waals surface area contributed by atoms with E-state index in [2.05, 4.69) is 43.2 Å². The topological polar surface area (TPSA) is 68.8 Å². The summed E-state index contributed by atoms with van der Waals surface area (Å²) >= 11 is 0. The van der Waals surface area contributed by atoms with E-state index in [9.17, 15) is 0 Å². The van der Waals surface area contributed by atoms with E-state index in [0.717, 1.165) is 12.2 Å².